The minimum Gasteiger partial charge on any atom is -0.271 e. The lowest BCUT2D eigenvalue weighted by Gasteiger charge is -2.22. The lowest BCUT2D eigenvalue weighted by molar-refractivity contribution is 0.512. The lowest BCUT2D eigenvalue weighted by atomic mass is 10.0. The van der Waals surface area contributed by atoms with E-state index in [9.17, 15) is 0 Å². The molecule has 2 unspecified atom stereocenters. The van der Waals surface area contributed by atoms with Gasteiger partial charge in [-0.05, 0) is 12.8 Å². The molecular formula is C6H11IN2. The van der Waals surface area contributed by atoms with Gasteiger partial charge in [0, 0.05) is 9.97 Å². The fourth-order valence-electron chi connectivity index (χ4n) is 0.953. The number of allylic oxidation sites excluding steroid dienone is 1. The minimum atomic E-state index is 0.482. The summed E-state index contributed by atoms with van der Waals surface area (Å²) in [6.07, 6.45) is 6.62. The molecule has 1 aliphatic carbocycles. The normalized spacial score (nSPS) is 34.9. The Morgan fingerprint density at radius 2 is 2.11 bits per heavy atom. The molecule has 0 aromatic carbocycles. The highest BCUT2D eigenvalue weighted by atomic mass is 127. The Morgan fingerprint density at radius 1 is 1.44 bits per heavy atom. The summed E-state index contributed by atoms with van der Waals surface area (Å²) in [6.45, 7) is 0. The molecule has 0 radical (unpaired) electrons. The van der Waals surface area contributed by atoms with Gasteiger partial charge in [-0.25, -0.2) is 0 Å². The first kappa shape index (κ1) is 7.50. The molecule has 1 rings (SSSR count). The molecule has 2 nitrogen and oxygen atoms in total. The zero-order chi connectivity index (χ0) is 6.69. The van der Waals surface area contributed by atoms with Crippen LogP contribution < -0.4 is 11.3 Å². The van der Waals surface area contributed by atoms with Crippen molar-refractivity contribution in [3.63, 3.8) is 0 Å². The summed E-state index contributed by atoms with van der Waals surface area (Å²) in [4.78, 5) is 0. The predicted molar refractivity (Wildman–Crippen MR) is 47.3 cm³/mol. The number of rotatable bonds is 1. The van der Waals surface area contributed by atoms with E-state index in [1.807, 2.05) is 0 Å². The number of hydrazine groups is 1. The van der Waals surface area contributed by atoms with Crippen LogP contribution in [0.5, 0.6) is 0 Å². The molecule has 0 saturated carbocycles. The van der Waals surface area contributed by atoms with Crippen molar-refractivity contribution < 1.29 is 0 Å². The molecule has 9 heavy (non-hydrogen) atoms. The average molecular weight is 238 g/mol. The zero-order valence-electron chi connectivity index (χ0n) is 5.18. The van der Waals surface area contributed by atoms with Crippen molar-refractivity contribution in [3.05, 3.63) is 12.2 Å². The van der Waals surface area contributed by atoms with Crippen LogP contribution in [-0.2, 0) is 0 Å². The first-order chi connectivity index (χ1) is 4.34. The highest BCUT2D eigenvalue weighted by Gasteiger charge is 2.16. The second-order valence-corrected chi connectivity index (χ2v) is 3.83. The Balaban J connectivity index is 2.43. The third-order valence-corrected chi connectivity index (χ3v) is 2.95. The molecule has 0 spiro atoms. The van der Waals surface area contributed by atoms with Crippen molar-refractivity contribution in [2.75, 3.05) is 0 Å². The van der Waals surface area contributed by atoms with Crippen LogP contribution in [0.25, 0.3) is 0 Å². The van der Waals surface area contributed by atoms with Crippen LogP contribution in [0.4, 0.5) is 0 Å². The highest BCUT2D eigenvalue weighted by molar-refractivity contribution is 14.1. The third-order valence-electron chi connectivity index (χ3n) is 1.57. The van der Waals surface area contributed by atoms with Crippen LogP contribution in [0, 0.1) is 0 Å². The lowest BCUT2D eigenvalue weighted by Crippen LogP contribution is -2.41. The van der Waals surface area contributed by atoms with Crippen LogP contribution in [-0.4, -0.2) is 9.97 Å². The summed E-state index contributed by atoms with van der Waals surface area (Å²) in [5.74, 6) is 5.30. The van der Waals surface area contributed by atoms with Gasteiger partial charge >= 0.3 is 0 Å². The second kappa shape index (κ2) is 3.53. The Kier molecular flexibility index (Phi) is 2.94. The predicted octanol–water partition coefficient (Wildman–Crippen LogP) is 0.972. The largest absolute Gasteiger partial charge is 0.271 e. The number of nitrogens with one attached hydrogen (secondary N) is 1. The van der Waals surface area contributed by atoms with E-state index in [0.29, 0.717) is 9.97 Å². The van der Waals surface area contributed by atoms with E-state index >= 15 is 0 Å². The summed E-state index contributed by atoms with van der Waals surface area (Å²) < 4.78 is 0.664. The van der Waals surface area contributed by atoms with E-state index in [-0.39, 0.29) is 0 Å². The summed E-state index contributed by atoms with van der Waals surface area (Å²) in [7, 11) is 0. The average Bonchev–Trinajstić information content (AvgIpc) is 1.89. The first-order valence-corrected chi connectivity index (χ1v) is 4.34. The fraction of sp³-hybridized carbons (Fsp3) is 0.667. The molecule has 1 aliphatic rings. The smallest absolute Gasteiger partial charge is 0.0365 e. The molecule has 0 aromatic heterocycles. The van der Waals surface area contributed by atoms with Crippen LogP contribution in [0.2, 0.25) is 0 Å². The standard InChI is InChI=1S/C6H11IN2/c7-5-3-1-2-4-6(5)9-8/h1-2,5-6,9H,3-4,8H2. The Hall–Kier alpha value is 0.390. The topological polar surface area (TPSA) is 38.0 Å². The maximum atomic E-state index is 5.30. The van der Waals surface area contributed by atoms with Crippen LogP contribution in [0.3, 0.4) is 0 Å². The quantitative estimate of drug-likeness (QED) is 0.235. The van der Waals surface area contributed by atoms with Crippen LogP contribution in [0.15, 0.2) is 12.2 Å². The van der Waals surface area contributed by atoms with Gasteiger partial charge in [-0.1, -0.05) is 34.7 Å². The van der Waals surface area contributed by atoms with Gasteiger partial charge in [-0.15, -0.1) is 0 Å². The van der Waals surface area contributed by atoms with E-state index < -0.39 is 0 Å². The molecular weight excluding hydrogens is 227 g/mol. The third kappa shape index (κ3) is 1.91. The van der Waals surface area contributed by atoms with Gasteiger partial charge in [-0.2, -0.15) is 0 Å². The molecule has 0 saturated heterocycles. The van der Waals surface area contributed by atoms with Gasteiger partial charge in [0.05, 0.1) is 0 Å². The second-order valence-electron chi connectivity index (χ2n) is 2.23. The number of nitrogens with two attached hydrogens (primary N) is 1. The molecule has 0 heterocycles. The minimum absolute atomic E-state index is 0.482. The van der Waals surface area contributed by atoms with E-state index in [2.05, 4.69) is 40.2 Å². The zero-order valence-corrected chi connectivity index (χ0v) is 7.34. The van der Waals surface area contributed by atoms with Crippen LogP contribution >= 0.6 is 22.6 Å². The van der Waals surface area contributed by atoms with E-state index in [1.54, 1.807) is 0 Å². The fourth-order valence-corrected chi connectivity index (χ4v) is 1.75. The molecule has 3 heteroatoms. The highest BCUT2D eigenvalue weighted by Crippen LogP contribution is 2.18. The summed E-state index contributed by atoms with van der Waals surface area (Å²) >= 11 is 2.43. The number of alkyl halides is 1. The van der Waals surface area contributed by atoms with Gasteiger partial charge in [0.1, 0.15) is 0 Å². The summed E-state index contributed by atoms with van der Waals surface area (Å²) in [6, 6.07) is 0.482. The van der Waals surface area contributed by atoms with Crippen molar-refractivity contribution in [1.29, 1.82) is 0 Å². The molecule has 0 aromatic rings. The van der Waals surface area contributed by atoms with Crippen molar-refractivity contribution in [2.45, 2.75) is 22.8 Å². The maximum absolute atomic E-state index is 5.30. The van der Waals surface area contributed by atoms with E-state index in [1.165, 1.54) is 0 Å². The SMILES string of the molecule is NNC1CC=CCC1I. The van der Waals surface area contributed by atoms with E-state index in [0.717, 1.165) is 12.8 Å². The van der Waals surface area contributed by atoms with Gasteiger partial charge in [-0.3, -0.25) is 11.3 Å². The maximum Gasteiger partial charge on any atom is 0.0365 e. The molecule has 2 atom stereocenters. The molecule has 0 aliphatic heterocycles. The number of hydrogen-bond acceptors (Lipinski definition) is 2. The van der Waals surface area contributed by atoms with Gasteiger partial charge < -0.3 is 0 Å². The van der Waals surface area contributed by atoms with Gasteiger partial charge in [0.2, 0.25) is 0 Å². The Labute approximate surface area is 69.0 Å². The van der Waals surface area contributed by atoms with Crippen molar-refractivity contribution in [1.82, 2.24) is 5.43 Å². The first-order valence-electron chi connectivity index (χ1n) is 3.10. The molecule has 3 N–H and O–H groups in total. The molecule has 52 valence electrons. The van der Waals surface area contributed by atoms with Gasteiger partial charge in [0.15, 0.2) is 0 Å². The van der Waals surface area contributed by atoms with Crippen LogP contribution in [0.1, 0.15) is 12.8 Å². The monoisotopic (exact) mass is 238 g/mol. The molecule has 0 fully saturated rings. The Bertz CT molecular complexity index is 114. The molecule has 0 bridgehead atoms. The summed E-state index contributed by atoms with van der Waals surface area (Å²) in [5.41, 5.74) is 2.79. The molecule has 0 amide bonds. The van der Waals surface area contributed by atoms with Crippen molar-refractivity contribution in [3.8, 4) is 0 Å². The van der Waals surface area contributed by atoms with Crippen molar-refractivity contribution in [2.24, 2.45) is 5.84 Å². The Morgan fingerprint density at radius 3 is 2.56 bits per heavy atom. The number of hydrogen-bond donors (Lipinski definition) is 2. The summed E-state index contributed by atoms with van der Waals surface area (Å²) in [5, 5.41) is 0. The van der Waals surface area contributed by atoms with Gasteiger partial charge in [0.25, 0.3) is 0 Å². The van der Waals surface area contributed by atoms with E-state index in [4.69, 9.17) is 5.84 Å². The number of halogens is 1. The van der Waals surface area contributed by atoms with Crippen molar-refractivity contribution >= 4 is 22.6 Å².